The Bertz CT molecular complexity index is 328. The molecule has 18 heavy (non-hydrogen) atoms. The van der Waals surface area contributed by atoms with Crippen molar-refractivity contribution in [2.45, 2.75) is 6.42 Å². The molecule has 5 heteroatoms. The first-order valence-electron chi connectivity index (χ1n) is 5.94. The summed E-state index contributed by atoms with van der Waals surface area (Å²) in [5.41, 5.74) is 0.653. The van der Waals surface area contributed by atoms with E-state index in [2.05, 4.69) is 5.32 Å². The molecule has 0 bridgehead atoms. The minimum Gasteiger partial charge on any atom is -0.382 e. The molecule has 1 rings (SSSR count). The number of benzene rings is 1. The van der Waals surface area contributed by atoms with Crippen molar-refractivity contribution in [1.82, 2.24) is 5.32 Å². The molecule has 1 N–H and O–H groups in total. The van der Waals surface area contributed by atoms with Gasteiger partial charge in [-0.25, -0.2) is 8.78 Å². The average molecular weight is 259 g/mol. The van der Waals surface area contributed by atoms with Gasteiger partial charge in [-0.1, -0.05) is 0 Å². The second-order valence-electron chi connectivity index (χ2n) is 3.88. The van der Waals surface area contributed by atoms with Gasteiger partial charge in [-0.3, -0.25) is 0 Å². The van der Waals surface area contributed by atoms with Gasteiger partial charge in [0, 0.05) is 19.7 Å². The Hall–Kier alpha value is -1.04. The fourth-order valence-corrected chi connectivity index (χ4v) is 1.50. The van der Waals surface area contributed by atoms with Crippen molar-refractivity contribution in [3.05, 3.63) is 35.4 Å². The first-order valence-corrected chi connectivity index (χ1v) is 5.94. The van der Waals surface area contributed by atoms with Crippen molar-refractivity contribution in [3.8, 4) is 0 Å². The second-order valence-corrected chi connectivity index (χ2v) is 3.88. The number of halogens is 2. The first kappa shape index (κ1) is 15.0. The largest absolute Gasteiger partial charge is 0.382 e. The molecule has 0 spiro atoms. The van der Waals surface area contributed by atoms with Crippen LogP contribution in [-0.2, 0) is 15.9 Å². The molecule has 0 heterocycles. The van der Waals surface area contributed by atoms with Crippen molar-refractivity contribution < 1.29 is 18.3 Å². The van der Waals surface area contributed by atoms with Gasteiger partial charge >= 0.3 is 0 Å². The summed E-state index contributed by atoms with van der Waals surface area (Å²) in [5, 5.41) is 3.14. The molecule has 0 aliphatic rings. The second kappa shape index (κ2) is 8.97. The Balaban J connectivity index is 2.07. The van der Waals surface area contributed by atoms with Crippen LogP contribution in [0.5, 0.6) is 0 Å². The molecule has 0 fully saturated rings. The third-order valence-electron chi connectivity index (χ3n) is 2.37. The molecule has 1 aromatic rings. The minimum absolute atomic E-state index is 0.534. The van der Waals surface area contributed by atoms with Gasteiger partial charge in [0.2, 0.25) is 0 Å². The van der Waals surface area contributed by atoms with Crippen LogP contribution in [0.15, 0.2) is 18.2 Å². The van der Waals surface area contributed by atoms with Crippen LogP contribution in [-0.4, -0.2) is 40.0 Å². The van der Waals surface area contributed by atoms with Crippen LogP contribution >= 0.6 is 0 Å². The minimum atomic E-state index is -0.534. The van der Waals surface area contributed by atoms with Gasteiger partial charge in [-0.05, 0) is 30.7 Å². The van der Waals surface area contributed by atoms with Gasteiger partial charge in [-0.15, -0.1) is 0 Å². The van der Waals surface area contributed by atoms with Crippen molar-refractivity contribution in [2.24, 2.45) is 0 Å². The maximum Gasteiger partial charge on any atom is 0.126 e. The lowest BCUT2D eigenvalue weighted by atomic mass is 10.1. The predicted octanol–water partition coefficient (Wildman–Crippen LogP) is 1.76. The number of hydrogen-bond donors (Lipinski definition) is 1. The van der Waals surface area contributed by atoms with Gasteiger partial charge in [0.05, 0.1) is 19.8 Å². The smallest absolute Gasteiger partial charge is 0.126 e. The van der Waals surface area contributed by atoms with Gasteiger partial charge in [0.15, 0.2) is 0 Å². The van der Waals surface area contributed by atoms with E-state index in [0.717, 1.165) is 6.07 Å². The molecule has 0 saturated carbocycles. The fraction of sp³-hybridized carbons (Fsp3) is 0.538. The molecule has 0 unspecified atom stereocenters. The highest BCUT2D eigenvalue weighted by Gasteiger charge is 2.00. The summed E-state index contributed by atoms with van der Waals surface area (Å²) in [6, 6.07) is 3.57. The highest BCUT2D eigenvalue weighted by atomic mass is 19.1. The standard InChI is InChI=1S/C13H19F2NO2/c1-17-6-7-18-5-4-16-3-2-11-8-12(14)10-13(15)9-11/h8-10,16H,2-7H2,1H3. The van der Waals surface area contributed by atoms with Crippen LogP contribution in [0.3, 0.4) is 0 Å². The van der Waals surface area contributed by atoms with E-state index in [0.29, 0.717) is 44.9 Å². The van der Waals surface area contributed by atoms with Gasteiger partial charge < -0.3 is 14.8 Å². The number of rotatable bonds is 9. The summed E-state index contributed by atoms with van der Waals surface area (Å²) in [5.74, 6) is -1.07. The molecule has 0 amide bonds. The van der Waals surface area contributed by atoms with Gasteiger partial charge in [-0.2, -0.15) is 0 Å². The van der Waals surface area contributed by atoms with E-state index in [1.807, 2.05) is 0 Å². The Morgan fingerprint density at radius 1 is 1.00 bits per heavy atom. The third kappa shape index (κ3) is 6.64. The molecule has 0 aliphatic heterocycles. The van der Waals surface area contributed by atoms with Crippen LogP contribution in [0.25, 0.3) is 0 Å². The van der Waals surface area contributed by atoms with Crippen LogP contribution < -0.4 is 5.32 Å². The molecular weight excluding hydrogens is 240 g/mol. The van der Waals surface area contributed by atoms with Crippen molar-refractivity contribution in [1.29, 1.82) is 0 Å². The lowest BCUT2D eigenvalue weighted by Crippen LogP contribution is -2.23. The van der Waals surface area contributed by atoms with Gasteiger partial charge in [0.1, 0.15) is 11.6 Å². The number of methoxy groups -OCH3 is 1. The van der Waals surface area contributed by atoms with Crippen molar-refractivity contribution in [3.63, 3.8) is 0 Å². The summed E-state index contributed by atoms with van der Waals surface area (Å²) in [7, 11) is 1.62. The zero-order valence-corrected chi connectivity index (χ0v) is 10.5. The van der Waals surface area contributed by atoms with Gasteiger partial charge in [0.25, 0.3) is 0 Å². The van der Waals surface area contributed by atoms with Crippen LogP contribution in [0, 0.1) is 11.6 Å². The fourth-order valence-electron chi connectivity index (χ4n) is 1.50. The number of hydrogen-bond acceptors (Lipinski definition) is 3. The maximum absolute atomic E-state index is 12.9. The molecule has 0 radical (unpaired) electrons. The summed E-state index contributed by atoms with van der Waals surface area (Å²) in [4.78, 5) is 0. The van der Waals surface area contributed by atoms with E-state index in [9.17, 15) is 8.78 Å². The molecule has 0 saturated heterocycles. The zero-order valence-electron chi connectivity index (χ0n) is 10.5. The van der Waals surface area contributed by atoms with Crippen LogP contribution in [0.4, 0.5) is 8.78 Å². The van der Waals surface area contributed by atoms with Crippen molar-refractivity contribution >= 4 is 0 Å². The number of ether oxygens (including phenoxy) is 2. The molecule has 0 aliphatic carbocycles. The van der Waals surface area contributed by atoms with Crippen LogP contribution in [0.1, 0.15) is 5.56 Å². The van der Waals surface area contributed by atoms with Crippen molar-refractivity contribution in [2.75, 3.05) is 40.0 Å². The summed E-state index contributed by atoms with van der Waals surface area (Å²) >= 11 is 0. The molecule has 0 atom stereocenters. The predicted molar refractivity (Wildman–Crippen MR) is 65.6 cm³/mol. The monoisotopic (exact) mass is 259 g/mol. The Kier molecular flexibility index (Phi) is 7.48. The molecular formula is C13H19F2NO2. The topological polar surface area (TPSA) is 30.5 Å². The summed E-state index contributed by atoms with van der Waals surface area (Å²) in [6.07, 6.45) is 0.590. The lowest BCUT2D eigenvalue weighted by molar-refractivity contribution is 0.0721. The van der Waals surface area contributed by atoms with E-state index >= 15 is 0 Å². The zero-order chi connectivity index (χ0) is 13.2. The molecule has 3 nitrogen and oxygen atoms in total. The summed E-state index contributed by atoms with van der Waals surface area (Å²) in [6.45, 7) is 3.13. The van der Waals surface area contributed by atoms with E-state index < -0.39 is 11.6 Å². The maximum atomic E-state index is 12.9. The normalized spacial score (nSPS) is 10.8. The first-order chi connectivity index (χ1) is 8.72. The quantitative estimate of drug-likeness (QED) is 0.685. The Morgan fingerprint density at radius 2 is 1.72 bits per heavy atom. The van der Waals surface area contributed by atoms with E-state index in [4.69, 9.17) is 9.47 Å². The third-order valence-corrected chi connectivity index (χ3v) is 2.37. The number of nitrogens with one attached hydrogen (secondary N) is 1. The van der Waals surface area contributed by atoms with E-state index in [-0.39, 0.29) is 0 Å². The highest BCUT2D eigenvalue weighted by molar-refractivity contribution is 5.18. The Labute approximate surface area is 106 Å². The highest BCUT2D eigenvalue weighted by Crippen LogP contribution is 2.07. The van der Waals surface area contributed by atoms with E-state index in [1.54, 1.807) is 7.11 Å². The lowest BCUT2D eigenvalue weighted by Gasteiger charge is -2.06. The Morgan fingerprint density at radius 3 is 2.39 bits per heavy atom. The average Bonchev–Trinajstić information content (AvgIpc) is 2.31. The molecule has 0 aromatic heterocycles. The van der Waals surface area contributed by atoms with E-state index in [1.165, 1.54) is 12.1 Å². The van der Waals surface area contributed by atoms with Crippen LogP contribution in [0.2, 0.25) is 0 Å². The SMILES string of the molecule is COCCOCCNCCc1cc(F)cc(F)c1. The summed E-state index contributed by atoms with van der Waals surface area (Å²) < 4.78 is 35.9. The molecule has 102 valence electrons. The molecule has 1 aromatic carbocycles.